The Morgan fingerprint density at radius 2 is 1.59 bits per heavy atom. The maximum Gasteiger partial charge on any atom is 0.410 e. The summed E-state index contributed by atoms with van der Waals surface area (Å²) in [5.74, 6) is 0.563. The monoisotopic (exact) mass is 329 g/mol. The summed E-state index contributed by atoms with van der Waals surface area (Å²) < 4.78 is 11.7. The quantitative estimate of drug-likeness (QED) is 0.707. The first-order valence-corrected chi connectivity index (χ1v) is 11.3. The number of hydrogen-bond donors (Lipinski definition) is 0. The lowest BCUT2D eigenvalue weighted by Gasteiger charge is -2.39. The van der Waals surface area contributed by atoms with Gasteiger partial charge in [0, 0.05) is 19.7 Å². The normalized spacial score (nSPS) is 18.5. The number of piperidine rings is 1. The van der Waals surface area contributed by atoms with Crippen molar-refractivity contribution in [2.75, 3.05) is 19.7 Å². The molecular formula is C17H35NO3Si. The fraction of sp³-hybridized carbons (Fsp3) is 0.941. The third-order valence-electron chi connectivity index (χ3n) is 4.75. The van der Waals surface area contributed by atoms with Gasteiger partial charge in [-0.1, -0.05) is 20.8 Å². The smallest absolute Gasteiger partial charge is 0.410 e. The molecule has 0 bridgehead atoms. The maximum atomic E-state index is 12.0. The second-order valence-corrected chi connectivity index (χ2v) is 13.8. The van der Waals surface area contributed by atoms with Crippen molar-refractivity contribution in [1.82, 2.24) is 4.90 Å². The number of ether oxygens (including phenoxy) is 1. The molecule has 0 spiro atoms. The van der Waals surface area contributed by atoms with Crippen LogP contribution in [0.25, 0.3) is 0 Å². The summed E-state index contributed by atoms with van der Waals surface area (Å²) in [4.78, 5) is 13.9. The molecule has 0 aromatic heterocycles. The number of amides is 1. The molecule has 1 aliphatic heterocycles. The average Bonchev–Trinajstić information content (AvgIpc) is 2.33. The number of nitrogens with zero attached hydrogens (tertiary/aromatic N) is 1. The van der Waals surface area contributed by atoms with Crippen LogP contribution >= 0.6 is 0 Å². The minimum Gasteiger partial charge on any atom is -0.444 e. The van der Waals surface area contributed by atoms with Gasteiger partial charge >= 0.3 is 6.09 Å². The minimum atomic E-state index is -1.66. The molecule has 1 fully saturated rings. The Hall–Kier alpha value is -0.553. The fourth-order valence-corrected chi connectivity index (χ4v) is 3.24. The van der Waals surface area contributed by atoms with Crippen LogP contribution in [-0.4, -0.2) is 44.6 Å². The largest absolute Gasteiger partial charge is 0.444 e. The van der Waals surface area contributed by atoms with Crippen LogP contribution < -0.4 is 0 Å². The van der Waals surface area contributed by atoms with Crippen molar-refractivity contribution in [3.8, 4) is 0 Å². The Labute approximate surface area is 137 Å². The van der Waals surface area contributed by atoms with Crippen molar-refractivity contribution >= 4 is 14.4 Å². The van der Waals surface area contributed by atoms with Crippen LogP contribution in [-0.2, 0) is 9.16 Å². The molecule has 5 heteroatoms. The Morgan fingerprint density at radius 3 is 2.00 bits per heavy atom. The molecular weight excluding hydrogens is 294 g/mol. The van der Waals surface area contributed by atoms with Gasteiger partial charge in [0.2, 0.25) is 0 Å². The summed E-state index contributed by atoms with van der Waals surface area (Å²) in [7, 11) is -1.66. The van der Waals surface area contributed by atoms with Crippen LogP contribution in [0.5, 0.6) is 0 Å². The van der Waals surface area contributed by atoms with Crippen molar-refractivity contribution in [3.63, 3.8) is 0 Å². The molecule has 1 aliphatic rings. The van der Waals surface area contributed by atoms with Crippen molar-refractivity contribution in [2.45, 2.75) is 78.1 Å². The molecule has 1 saturated heterocycles. The second-order valence-electron chi connectivity index (χ2n) is 8.98. The van der Waals surface area contributed by atoms with E-state index in [4.69, 9.17) is 9.16 Å². The maximum absolute atomic E-state index is 12.0. The highest BCUT2D eigenvalue weighted by molar-refractivity contribution is 6.74. The molecule has 0 aromatic carbocycles. The number of rotatable bonds is 3. The van der Waals surface area contributed by atoms with Gasteiger partial charge in [0.05, 0.1) is 0 Å². The Balaban J connectivity index is 2.39. The van der Waals surface area contributed by atoms with Gasteiger partial charge < -0.3 is 14.1 Å². The lowest BCUT2D eigenvalue weighted by molar-refractivity contribution is 0.0162. The van der Waals surface area contributed by atoms with E-state index in [0.29, 0.717) is 5.92 Å². The van der Waals surface area contributed by atoms with Crippen LogP contribution in [0.2, 0.25) is 18.1 Å². The first-order valence-electron chi connectivity index (χ1n) is 8.44. The van der Waals surface area contributed by atoms with E-state index in [-0.39, 0.29) is 11.1 Å². The van der Waals surface area contributed by atoms with Crippen molar-refractivity contribution in [3.05, 3.63) is 0 Å². The number of carbonyl (C=O) groups excluding carboxylic acids is 1. The second kappa shape index (κ2) is 6.91. The molecule has 1 amide bonds. The minimum absolute atomic E-state index is 0.184. The predicted molar refractivity (Wildman–Crippen MR) is 93.7 cm³/mol. The highest BCUT2D eigenvalue weighted by Gasteiger charge is 2.38. The van der Waals surface area contributed by atoms with Crippen molar-refractivity contribution < 1.29 is 14.0 Å². The lowest BCUT2D eigenvalue weighted by atomic mass is 9.98. The SMILES string of the molecule is CC(C)(C)OC(=O)N1CCC(CO[Si](C)(C)C(C)(C)C)CC1. The summed E-state index contributed by atoms with van der Waals surface area (Å²) >= 11 is 0. The van der Waals surface area contributed by atoms with Crippen LogP contribution in [0.3, 0.4) is 0 Å². The number of carbonyl (C=O) groups is 1. The third-order valence-corrected chi connectivity index (χ3v) is 9.25. The van der Waals surface area contributed by atoms with Crippen molar-refractivity contribution in [1.29, 1.82) is 0 Å². The van der Waals surface area contributed by atoms with Gasteiger partial charge in [0.1, 0.15) is 5.60 Å². The van der Waals surface area contributed by atoms with Gasteiger partial charge in [-0.15, -0.1) is 0 Å². The zero-order chi connectivity index (χ0) is 17.2. The summed E-state index contributed by atoms with van der Waals surface area (Å²) in [6.07, 6.45) is 1.83. The zero-order valence-electron chi connectivity index (χ0n) is 15.8. The van der Waals surface area contributed by atoms with E-state index < -0.39 is 13.9 Å². The van der Waals surface area contributed by atoms with Crippen molar-refractivity contribution in [2.24, 2.45) is 5.92 Å². The zero-order valence-corrected chi connectivity index (χ0v) is 16.8. The Morgan fingerprint density at radius 1 is 1.09 bits per heavy atom. The summed E-state index contributed by atoms with van der Waals surface area (Å²) in [5, 5.41) is 0.254. The molecule has 130 valence electrons. The first kappa shape index (κ1) is 19.5. The molecule has 0 N–H and O–H groups in total. The number of likely N-dealkylation sites (tertiary alicyclic amines) is 1. The van der Waals surface area contributed by atoms with Crippen LogP contribution in [0, 0.1) is 5.92 Å². The van der Waals surface area contributed by atoms with Gasteiger partial charge in [-0.05, 0) is 57.7 Å². The van der Waals surface area contributed by atoms with E-state index in [9.17, 15) is 4.79 Å². The fourth-order valence-electron chi connectivity index (χ4n) is 2.15. The van der Waals surface area contributed by atoms with E-state index >= 15 is 0 Å². The molecule has 1 heterocycles. The Kier molecular flexibility index (Phi) is 6.12. The lowest BCUT2D eigenvalue weighted by Crippen LogP contribution is -2.45. The van der Waals surface area contributed by atoms with Gasteiger partial charge in [0.15, 0.2) is 8.32 Å². The van der Waals surface area contributed by atoms with Gasteiger partial charge in [0.25, 0.3) is 0 Å². The van der Waals surface area contributed by atoms with Crippen LogP contribution in [0.4, 0.5) is 4.79 Å². The summed E-state index contributed by atoms with van der Waals surface area (Å²) in [6, 6.07) is 0. The summed E-state index contributed by atoms with van der Waals surface area (Å²) in [5.41, 5.74) is -0.417. The third kappa shape index (κ3) is 5.92. The topological polar surface area (TPSA) is 38.8 Å². The molecule has 0 radical (unpaired) electrons. The molecule has 0 aromatic rings. The highest BCUT2D eigenvalue weighted by Crippen LogP contribution is 2.37. The van der Waals surface area contributed by atoms with Gasteiger partial charge in [-0.2, -0.15) is 0 Å². The van der Waals surface area contributed by atoms with Crippen LogP contribution in [0.1, 0.15) is 54.4 Å². The standard InChI is InChI=1S/C17H35NO3Si/c1-16(2,3)21-15(19)18-11-9-14(10-12-18)13-20-22(7,8)17(4,5)6/h14H,9-13H2,1-8H3. The van der Waals surface area contributed by atoms with E-state index in [1.807, 2.05) is 25.7 Å². The molecule has 0 aliphatic carbocycles. The predicted octanol–water partition coefficient (Wildman–Crippen LogP) is 4.66. The van der Waals surface area contributed by atoms with Gasteiger partial charge in [-0.3, -0.25) is 0 Å². The molecule has 22 heavy (non-hydrogen) atoms. The van der Waals surface area contributed by atoms with E-state index in [1.165, 1.54) is 0 Å². The molecule has 0 atom stereocenters. The van der Waals surface area contributed by atoms with E-state index in [2.05, 4.69) is 33.9 Å². The van der Waals surface area contributed by atoms with Crippen LogP contribution in [0.15, 0.2) is 0 Å². The van der Waals surface area contributed by atoms with E-state index in [0.717, 1.165) is 32.5 Å². The Bertz CT molecular complexity index is 374. The number of hydrogen-bond acceptors (Lipinski definition) is 3. The average molecular weight is 330 g/mol. The highest BCUT2D eigenvalue weighted by atomic mass is 28.4. The molecule has 0 saturated carbocycles. The summed E-state index contributed by atoms with van der Waals surface area (Å²) in [6.45, 7) is 19.5. The molecule has 1 rings (SSSR count). The van der Waals surface area contributed by atoms with E-state index in [1.54, 1.807) is 0 Å². The van der Waals surface area contributed by atoms with Gasteiger partial charge in [-0.25, -0.2) is 4.79 Å². The molecule has 4 nitrogen and oxygen atoms in total. The first-order chi connectivity index (χ1) is 9.82. The molecule has 0 unspecified atom stereocenters.